The second-order valence-electron chi connectivity index (χ2n) is 7.65. The van der Waals surface area contributed by atoms with Gasteiger partial charge < -0.3 is 4.90 Å². The Kier molecular flexibility index (Phi) is 4.37. The van der Waals surface area contributed by atoms with E-state index in [4.69, 9.17) is 0 Å². The molecule has 29 heavy (non-hydrogen) atoms. The van der Waals surface area contributed by atoms with Gasteiger partial charge in [-0.25, -0.2) is 0 Å². The van der Waals surface area contributed by atoms with Crippen LogP contribution >= 0.6 is 11.3 Å². The van der Waals surface area contributed by atoms with Crippen molar-refractivity contribution < 1.29 is 0 Å². The molecule has 5 rings (SSSR count). The van der Waals surface area contributed by atoms with Crippen molar-refractivity contribution in [1.29, 1.82) is 0 Å². The second-order valence-corrected chi connectivity index (χ2v) is 8.74. The number of hydrogen-bond acceptors (Lipinski definition) is 2. The summed E-state index contributed by atoms with van der Waals surface area (Å²) in [6, 6.07) is 30.8. The van der Waals surface area contributed by atoms with Gasteiger partial charge in [-0.05, 0) is 79.9 Å². The zero-order valence-corrected chi connectivity index (χ0v) is 17.8. The van der Waals surface area contributed by atoms with Crippen LogP contribution in [0.5, 0.6) is 0 Å². The van der Waals surface area contributed by atoms with E-state index in [0.717, 1.165) is 0 Å². The molecule has 0 fully saturated rings. The van der Waals surface area contributed by atoms with Crippen LogP contribution in [0.1, 0.15) is 16.7 Å². The zero-order valence-electron chi connectivity index (χ0n) is 16.9. The number of hydrogen-bond donors (Lipinski definition) is 0. The maximum Gasteiger partial charge on any atom is 0.0476 e. The summed E-state index contributed by atoms with van der Waals surface area (Å²) in [5.41, 5.74) is 7.58. The van der Waals surface area contributed by atoms with Gasteiger partial charge in [0.2, 0.25) is 0 Å². The van der Waals surface area contributed by atoms with E-state index >= 15 is 0 Å². The van der Waals surface area contributed by atoms with Gasteiger partial charge in [-0.1, -0.05) is 42.5 Å². The molecule has 142 valence electrons. The molecular weight excluding hydrogens is 370 g/mol. The Hall–Kier alpha value is -3.10. The fraction of sp³-hybridized carbons (Fsp3) is 0.111. The lowest BCUT2D eigenvalue weighted by molar-refractivity contribution is 1.22. The van der Waals surface area contributed by atoms with E-state index in [-0.39, 0.29) is 0 Å². The Morgan fingerprint density at radius 3 is 1.97 bits per heavy atom. The van der Waals surface area contributed by atoms with E-state index < -0.39 is 0 Å². The third-order valence-electron chi connectivity index (χ3n) is 5.80. The van der Waals surface area contributed by atoms with Gasteiger partial charge in [0.1, 0.15) is 0 Å². The summed E-state index contributed by atoms with van der Waals surface area (Å²) in [4.78, 5) is 2.36. The number of para-hydroxylation sites is 1. The van der Waals surface area contributed by atoms with E-state index in [1.54, 1.807) is 0 Å². The third-order valence-corrected chi connectivity index (χ3v) is 6.94. The molecule has 0 spiro atoms. The Bertz CT molecular complexity index is 1310. The van der Waals surface area contributed by atoms with Crippen LogP contribution in [-0.4, -0.2) is 0 Å². The van der Waals surface area contributed by atoms with Gasteiger partial charge >= 0.3 is 0 Å². The average Bonchev–Trinajstić information content (AvgIpc) is 3.11. The van der Waals surface area contributed by atoms with Crippen molar-refractivity contribution in [3.8, 4) is 0 Å². The minimum absolute atomic E-state index is 1.18. The van der Waals surface area contributed by atoms with Crippen LogP contribution in [0.4, 0.5) is 17.1 Å². The topological polar surface area (TPSA) is 3.24 Å². The molecular formula is C27H23NS. The van der Waals surface area contributed by atoms with Crippen LogP contribution in [0, 0.1) is 20.8 Å². The molecule has 1 aromatic heterocycles. The molecule has 5 aromatic rings. The quantitative estimate of drug-likeness (QED) is 0.297. The summed E-state index contributed by atoms with van der Waals surface area (Å²) in [5.74, 6) is 0. The largest absolute Gasteiger partial charge is 0.310 e. The van der Waals surface area contributed by atoms with Crippen molar-refractivity contribution in [2.75, 3.05) is 4.90 Å². The summed E-state index contributed by atoms with van der Waals surface area (Å²) in [6.45, 7) is 6.60. The van der Waals surface area contributed by atoms with Crippen molar-refractivity contribution in [1.82, 2.24) is 0 Å². The summed E-state index contributed by atoms with van der Waals surface area (Å²) in [6.07, 6.45) is 0. The van der Waals surface area contributed by atoms with Crippen LogP contribution in [0.15, 0.2) is 84.9 Å². The highest BCUT2D eigenvalue weighted by atomic mass is 32.1. The van der Waals surface area contributed by atoms with Crippen LogP contribution < -0.4 is 4.90 Å². The van der Waals surface area contributed by atoms with Crippen molar-refractivity contribution in [3.05, 3.63) is 102 Å². The smallest absolute Gasteiger partial charge is 0.0476 e. The first-order chi connectivity index (χ1) is 14.1. The zero-order chi connectivity index (χ0) is 20.0. The van der Waals surface area contributed by atoms with Gasteiger partial charge in [-0.3, -0.25) is 0 Å². The first kappa shape index (κ1) is 18.0. The lowest BCUT2D eigenvalue weighted by Crippen LogP contribution is -2.10. The van der Waals surface area contributed by atoms with Crippen molar-refractivity contribution in [3.63, 3.8) is 0 Å². The third kappa shape index (κ3) is 3.10. The van der Waals surface area contributed by atoms with Gasteiger partial charge in [0.15, 0.2) is 0 Å². The lowest BCUT2D eigenvalue weighted by Gasteiger charge is -2.27. The normalized spacial score (nSPS) is 11.3. The summed E-state index contributed by atoms with van der Waals surface area (Å²) in [7, 11) is 0. The molecule has 0 saturated carbocycles. The first-order valence-electron chi connectivity index (χ1n) is 9.96. The highest BCUT2D eigenvalue weighted by molar-refractivity contribution is 7.25. The standard InChI is InChI=1S/C27H23NS/c1-18-15-23(16-19(2)20(18)3)28(21-9-5-4-6-10-21)22-13-14-25-24-11-7-8-12-26(24)29-27(25)17-22/h4-17H,1-3H3. The van der Waals surface area contributed by atoms with Crippen molar-refractivity contribution in [2.45, 2.75) is 20.8 Å². The fourth-order valence-electron chi connectivity index (χ4n) is 4.02. The predicted octanol–water partition coefficient (Wildman–Crippen LogP) is 8.45. The Labute approximate surface area is 175 Å². The fourth-order valence-corrected chi connectivity index (χ4v) is 5.16. The Balaban J connectivity index is 1.74. The van der Waals surface area contributed by atoms with Gasteiger partial charge in [-0.15, -0.1) is 11.3 Å². The van der Waals surface area contributed by atoms with Crippen LogP contribution in [0.3, 0.4) is 0 Å². The number of rotatable bonds is 3. The molecule has 0 N–H and O–H groups in total. The van der Waals surface area contributed by atoms with Crippen LogP contribution in [-0.2, 0) is 0 Å². The molecule has 0 atom stereocenters. The van der Waals surface area contributed by atoms with Gasteiger partial charge in [0.25, 0.3) is 0 Å². The molecule has 0 radical (unpaired) electrons. The highest BCUT2D eigenvalue weighted by Gasteiger charge is 2.15. The minimum atomic E-state index is 1.18. The maximum atomic E-state index is 2.36. The van der Waals surface area contributed by atoms with Crippen molar-refractivity contribution in [2.24, 2.45) is 0 Å². The molecule has 0 unspecified atom stereocenters. The number of anilines is 3. The van der Waals surface area contributed by atoms with Crippen LogP contribution in [0.2, 0.25) is 0 Å². The lowest BCUT2D eigenvalue weighted by atomic mass is 10.0. The van der Waals surface area contributed by atoms with E-state index in [1.807, 2.05) is 11.3 Å². The molecule has 4 aromatic carbocycles. The van der Waals surface area contributed by atoms with Gasteiger partial charge in [0.05, 0.1) is 0 Å². The summed E-state index contributed by atoms with van der Waals surface area (Å²) in [5, 5.41) is 2.67. The van der Waals surface area contributed by atoms with E-state index in [9.17, 15) is 0 Å². The number of thiophene rings is 1. The number of aryl methyl sites for hydroxylation is 2. The van der Waals surface area contributed by atoms with Crippen LogP contribution in [0.25, 0.3) is 20.2 Å². The minimum Gasteiger partial charge on any atom is -0.310 e. The summed E-state index contributed by atoms with van der Waals surface area (Å²) < 4.78 is 2.66. The molecule has 0 aliphatic carbocycles. The van der Waals surface area contributed by atoms with Gasteiger partial charge in [0, 0.05) is 37.2 Å². The monoisotopic (exact) mass is 393 g/mol. The Morgan fingerprint density at radius 1 is 0.552 bits per heavy atom. The molecule has 0 amide bonds. The van der Waals surface area contributed by atoms with Gasteiger partial charge in [-0.2, -0.15) is 0 Å². The number of fused-ring (bicyclic) bond motifs is 3. The van der Waals surface area contributed by atoms with E-state index in [2.05, 4.69) is 111 Å². The predicted molar refractivity (Wildman–Crippen MR) is 128 cm³/mol. The molecule has 2 heteroatoms. The van der Waals surface area contributed by atoms with E-state index in [0.29, 0.717) is 0 Å². The Morgan fingerprint density at radius 2 is 1.21 bits per heavy atom. The second kappa shape index (κ2) is 7.06. The molecule has 1 nitrogen and oxygen atoms in total. The molecule has 0 bridgehead atoms. The maximum absolute atomic E-state index is 2.36. The van der Waals surface area contributed by atoms with E-state index in [1.165, 1.54) is 53.9 Å². The molecule has 0 aliphatic heterocycles. The molecule has 0 aliphatic rings. The number of nitrogens with zero attached hydrogens (tertiary/aromatic N) is 1. The number of benzene rings is 4. The SMILES string of the molecule is Cc1cc(N(c2ccccc2)c2ccc3c(c2)sc2ccccc23)cc(C)c1C. The first-order valence-corrected chi connectivity index (χ1v) is 10.8. The summed E-state index contributed by atoms with van der Waals surface area (Å²) >= 11 is 1.87. The molecule has 0 saturated heterocycles. The molecule has 1 heterocycles. The van der Waals surface area contributed by atoms with Crippen molar-refractivity contribution >= 4 is 48.6 Å². The average molecular weight is 394 g/mol. The highest BCUT2D eigenvalue weighted by Crippen LogP contribution is 2.41.